The van der Waals surface area contributed by atoms with Crippen molar-refractivity contribution in [2.75, 3.05) is 39.3 Å². The van der Waals surface area contributed by atoms with E-state index in [-0.39, 0.29) is 30.0 Å². The number of rotatable bonds is 5. The Balaban J connectivity index is 1.56. The van der Waals surface area contributed by atoms with Crippen molar-refractivity contribution in [2.45, 2.75) is 57.7 Å². The number of hydrogen-bond donors (Lipinski definition) is 2. The van der Waals surface area contributed by atoms with Crippen LogP contribution in [-0.4, -0.2) is 80.5 Å². The first-order chi connectivity index (χ1) is 12.4. The topological polar surface area (TPSA) is 91.0 Å². The molecule has 4 atom stereocenters. The molecule has 3 aliphatic rings. The molecule has 3 rings (SSSR count). The highest BCUT2D eigenvalue weighted by Crippen LogP contribution is 2.24. The molecule has 3 aliphatic heterocycles. The van der Waals surface area contributed by atoms with E-state index in [4.69, 9.17) is 4.74 Å². The SMILES string of the molecule is CC1CN(S(=O)(=O)N2CCCC(CNC(=O)C3CCCN3)C2)C(C)CO1. The third-order valence-electron chi connectivity index (χ3n) is 5.60. The van der Waals surface area contributed by atoms with Crippen molar-refractivity contribution in [2.24, 2.45) is 5.92 Å². The minimum absolute atomic E-state index is 0.0399. The Morgan fingerprint density at radius 2 is 2.04 bits per heavy atom. The van der Waals surface area contributed by atoms with Crippen molar-refractivity contribution in [3.05, 3.63) is 0 Å². The summed E-state index contributed by atoms with van der Waals surface area (Å²) >= 11 is 0. The summed E-state index contributed by atoms with van der Waals surface area (Å²) < 4.78 is 34.9. The highest BCUT2D eigenvalue weighted by Gasteiger charge is 2.39. The van der Waals surface area contributed by atoms with Gasteiger partial charge >= 0.3 is 0 Å². The Morgan fingerprint density at radius 3 is 2.77 bits per heavy atom. The molecule has 26 heavy (non-hydrogen) atoms. The summed E-state index contributed by atoms with van der Waals surface area (Å²) in [6.45, 7) is 7.08. The lowest BCUT2D eigenvalue weighted by Gasteiger charge is -2.41. The average Bonchev–Trinajstić information content (AvgIpc) is 3.16. The van der Waals surface area contributed by atoms with Gasteiger partial charge in [0.15, 0.2) is 0 Å². The smallest absolute Gasteiger partial charge is 0.282 e. The normalized spacial score (nSPS) is 34.7. The molecule has 4 unspecified atom stereocenters. The number of ether oxygens (including phenoxy) is 1. The predicted octanol–water partition coefficient (Wildman–Crippen LogP) is -0.0794. The molecule has 0 bridgehead atoms. The van der Waals surface area contributed by atoms with Gasteiger partial charge in [-0.3, -0.25) is 4.79 Å². The molecular formula is C17H32N4O4S. The van der Waals surface area contributed by atoms with Crippen LogP contribution < -0.4 is 10.6 Å². The third-order valence-corrected chi connectivity index (χ3v) is 7.68. The molecule has 8 nitrogen and oxygen atoms in total. The van der Waals surface area contributed by atoms with Crippen LogP contribution in [0.15, 0.2) is 0 Å². The second-order valence-electron chi connectivity index (χ2n) is 7.83. The lowest BCUT2D eigenvalue weighted by molar-refractivity contribution is -0.123. The Labute approximate surface area is 156 Å². The number of carbonyl (C=O) groups excluding carboxylic acids is 1. The first-order valence-electron chi connectivity index (χ1n) is 9.77. The lowest BCUT2D eigenvalue weighted by Crippen LogP contribution is -2.57. The molecule has 3 saturated heterocycles. The van der Waals surface area contributed by atoms with Crippen molar-refractivity contribution in [3.8, 4) is 0 Å². The summed E-state index contributed by atoms with van der Waals surface area (Å²) in [6.07, 6.45) is 3.60. The summed E-state index contributed by atoms with van der Waals surface area (Å²) in [5.41, 5.74) is 0. The number of nitrogens with zero attached hydrogens (tertiary/aromatic N) is 2. The summed E-state index contributed by atoms with van der Waals surface area (Å²) in [5.74, 6) is 0.204. The van der Waals surface area contributed by atoms with Gasteiger partial charge in [-0.15, -0.1) is 0 Å². The Bertz CT molecular complexity index is 594. The van der Waals surface area contributed by atoms with Crippen molar-refractivity contribution in [1.29, 1.82) is 0 Å². The zero-order valence-electron chi connectivity index (χ0n) is 15.8. The van der Waals surface area contributed by atoms with Gasteiger partial charge in [0, 0.05) is 32.2 Å². The average molecular weight is 389 g/mol. The highest BCUT2D eigenvalue weighted by atomic mass is 32.2. The van der Waals surface area contributed by atoms with E-state index < -0.39 is 10.2 Å². The zero-order chi connectivity index (χ0) is 18.7. The molecule has 0 saturated carbocycles. The highest BCUT2D eigenvalue weighted by molar-refractivity contribution is 7.86. The Hall–Kier alpha value is -0.740. The van der Waals surface area contributed by atoms with Gasteiger partial charge in [-0.2, -0.15) is 17.0 Å². The van der Waals surface area contributed by atoms with Crippen LogP contribution in [0.3, 0.4) is 0 Å². The molecule has 0 aromatic rings. The molecule has 0 spiro atoms. The second kappa shape index (κ2) is 8.52. The van der Waals surface area contributed by atoms with Crippen molar-refractivity contribution in [3.63, 3.8) is 0 Å². The molecule has 0 aliphatic carbocycles. The fraction of sp³-hybridized carbons (Fsp3) is 0.941. The van der Waals surface area contributed by atoms with Gasteiger partial charge in [0.1, 0.15) is 0 Å². The Morgan fingerprint density at radius 1 is 1.23 bits per heavy atom. The van der Waals surface area contributed by atoms with Crippen molar-refractivity contribution >= 4 is 16.1 Å². The van der Waals surface area contributed by atoms with Crippen LogP contribution in [0.4, 0.5) is 0 Å². The summed E-state index contributed by atoms with van der Waals surface area (Å²) in [5, 5.41) is 6.20. The van der Waals surface area contributed by atoms with Crippen LogP contribution in [0.1, 0.15) is 39.5 Å². The first kappa shape index (κ1) is 20.0. The largest absolute Gasteiger partial charge is 0.375 e. The fourth-order valence-corrected chi connectivity index (χ4v) is 5.99. The van der Waals surface area contributed by atoms with Crippen LogP contribution in [0.5, 0.6) is 0 Å². The minimum atomic E-state index is -3.49. The standard InChI is InChI=1S/C17H32N4O4S/c1-13-12-25-14(2)10-21(13)26(23,24)20-8-4-5-15(11-20)9-19-17(22)16-6-3-7-18-16/h13-16,18H,3-12H2,1-2H3,(H,19,22). The number of carbonyl (C=O) groups is 1. The first-order valence-corrected chi connectivity index (χ1v) is 11.2. The number of morpholine rings is 1. The molecule has 0 aromatic carbocycles. The molecule has 0 aromatic heterocycles. The van der Waals surface area contributed by atoms with E-state index >= 15 is 0 Å². The maximum absolute atomic E-state index is 13.1. The van der Waals surface area contributed by atoms with Crippen LogP contribution >= 0.6 is 0 Å². The van der Waals surface area contributed by atoms with Crippen molar-refractivity contribution < 1.29 is 17.9 Å². The minimum Gasteiger partial charge on any atom is -0.375 e. The van der Waals surface area contributed by atoms with Crippen LogP contribution in [-0.2, 0) is 19.7 Å². The van der Waals surface area contributed by atoms with E-state index in [9.17, 15) is 13.2 Å². The van der Waals surface area contributed by atoms with E-state index in [1.807, 2.05) is 13.8 Å². The zero-order valence-corrected chi connectivity index (χ0v) is 16.6. The quantitative estimate of drug-likeness (QED) is 0.688. The van der Waals surface area contributed by atoms with Gasteiger partial charge < -0.3 is 15.4 Å². The predicted molar refractivity (Wildman–Crippen MR) is 98.8 cm³/mol. The molecule has 3 fully saturated rings. The van der Waals surface area contributed by atoms with Crippen LogP contribution in [0.25, 0.3) is 0 Å². The molecule has 2 N–H and O–H groups in total. The number of nitrogens with one attached hydrogen (secondary N) is 2. The lowest BCUT2D eigenvalue weighted by atomic mass is 9.99. The molecule has 0 radical (unpaired) electrons. The third kappa shape index (κ3) is 4.56. The van der Waals surface area contributed by atoms with E-state index in [2.05, 4.69) is 10.6 Å². The van der Waals surface area contributed by atoms with E-state index in [0.29, 0.717) is 32.8 Å². The second-order valence-corrected chi connectivity index (χ2v) is 9.71. The monoisotopic (exact) mass is 388 g/mol. The van der Waals surface area contributed by atoms with Crippen molar-refractivity contribution in [1.82, 2.24) is 19.2 Å². The summed E-state index contributed by atoms with van der Waals surface area (Å²) in [6, 6.07) is -0.237. The molecule has 3 heterocycles. The molecule has 1 amide bonds. The van der Waals surface area contributed by atoms with Gasteiger partial charge in [0.25, 0.3) is 10.2 Å². The van der Waals surface area contributed by atoms with Gasteiger partial charge in [0.2, 0.25) is 5.91 Å². The van der Waals surface area contributed by atoms with Crippen LogP contribution in [0, 0.1) is 5.92 Å². The maximum atomic E-state index is 13.1. The number of piperidine rings is 1. The Kier molecular flexibility index (Phi) is 6.55. The maximum Gasteiger partial charge on any atom is 0.282 e. The molecular weight excluding hydrogens is 356 g/mol. The summed E-state index contributed by atoms with van der Waals surface area (Å²) in [4.78, 5) is 12.2. The van der Waals surface area contributed by atoms with Gasteiger partial charge in [-0.25, -0.2) is 0 Å². The van der Waals surface area contributed by atoms with Gasteiger partial charge in [-0.05, 0) is 52.0 Å². The number of hydrogen-bond acceptors (Lipinski definition) is 5. The number of amides is 1. The van der Waals surface area contributed by atoms with E-state index in [1.165, 1.54) is 0 Å². The molecule has 150 valence electrons. The van der Waals surface area contributed by atoms with E-state index in [0.717, 1.165) is 32.2 Å². The molecule has 9 heteroatoms. The van der Waals surface area contributed by atoms with E-state index in [1.54, 1.807) is 8.61 Å². The summed E-state index contributed by atoms with van der Waals surface area (Å²) in [7, 11) is -3.49. The fourth-order valence-electron chi connectivity index (χ4n) is 4.02. The van der Waals surface area contributed by atoms with Gasteiger partial charge in [-0.1, -0.05) is 0 Å². The van der Waals surface area contributed by atoms with Crippen LogP contribution in [0.2, 0.25) is 0 Å². The van der Waals surface area contributed by atoms with Gasteiger partial charge in [0.05, 0.1) is 18.8 Å².